The van der Waals surface area contributed by atoms with Crippen LogP contribution in [0.5, 0.6) is 0 Å². The summed E-state index contributed by atoms with van der Waals surface area (Å²) in [6.45, 7) is 1.71. The van der Waals surface area contributed by atoms with Gasteiger partial charge in [-0.1, -0.05) is 11.5 Å². The van der Waals surface area contributed by atoms with Crippen LogP contribution in [0.25, 0.3) is 0 Å². The molecule has 0 spiro atoms. The van der Waals surface area contributed by atoms with E-state index in [-0.39, 0.29) is 22.4 Å². The summed E-state index contributed by atoms with van der Waals surface area (Å²) >= 11 is 17.5. The van der Waals surface area contributed by atoms with Gasteiger partial charge in [-0.05, 0) is 26.2 Å². The molecule has 1 heterocycles. The number of thiol groups is 1. The standard InChI is InChI=1S/C12H16Cl2N2O2S2/c1-6-10(5-19)20-16(11(6)17)12(18)15-7-2-3-8(13)9(14)4-7/h7-9,19H,2-5H2,1H3,(H,15,18). The second kappa shape index (κ2) is 6.73. The van der Waals surface area contributed by atoms with Crippen LogP contribution in [0.3, 0.4) is 0 Å². The van der Waals surface area contributed by atoms with Gasteiger partial charge in [-0.15, -0.1) is 23.2 Å². The van der Waals surface area contributed by atoms with Crippen LogP contribution >= 0.6 is 47.4 Å². The molecule has 4 nitrogen and oxygen atoms in total. The van der Waals surface area contributed by atoms with Crippen LogP contribution in [0, 0.1) is 6.92 Å². The lowest BCUT2D eigenvalue weighted by Gasteiger charge is -2.29. The van der Waals surface area contributed by atoms with Crippen LogP contribution < -0.4 is 10.9 Å². The Labute approximate surface area is 137 Å². The van der Waals surface area contributed by atoms with Crippen molar-refractivity contribution in [2.45, 2.75) is 48.7 Å². The predicted molar refractivity (Wildman–Crippen MR) is 86.9 cm³/mol. The molecule has 2 rings (SSSR count). The molecule has 1 fully saturated rings. The van der Waals surface area contributed by atoms with Crippen molar-refractivity contribution in [2.75, 3.05) is 0 Å². The van der Waals surface area contributed by atoms with Crippen LogP contribution in [0.4, 0.5) is 4.79 Å². The average Bonchev–Trinajstić information content (AvgIpc) is 2.70. The number of carbonyl (C=O) groups is 1. The van der Waals surface area contributed by atoms with E-state index in [1.165, 1.54) is 0 Å². The maximum absolute atomic E-state index is 12.2. The van der Waals surface area contributed by atoms with Gasteiger partial charge in [0.25, 0.3) is 5.56 Å². The third-order valence-electron chi connectivity index (χ3n) is 3.47. The predicted octanol–water partition coefficient (Wildman–Crippen LogP) is 2.97. The van der Waals surface area contributed by atoms with Crippen molar-refractivity contribution in [3.63, 3.8) is 0 Å². The molecule has 1 N–H and O–H groups in total. The molecule has 1 aromatic heterocycles. The van der Waals surface area contributed by atoms with Crippen molar-refractivity contribution in [3.05, 3.63) is 20.8 Å². The van der Waals surface area contributed by atoms with E-state index in [0.717, 1.165) is 33.2 Å². The first-order valence-corrected chi connectivity index (χ1v) is 8.63. The van der Waals surface area contributed by atoms with Gasteiger partial charge in [0.2, 0.25) is 0 Å². The first-order chi connectivity index (χ1) is 9.43. The Bertz CT molecular complexity index is 558. The highest BCUT2D eigenvalue weighted by atomic mass is 35.5. The zero-order valence-electron chi connectivity index (χ0n) is 10.9. The lowest BCUT2D eigenvalue weighted by Crippen LogP contribution is -2.44. The van der Waals surface area contributed by atoms with Crippen LogP contribution in [-0.2, 0) is 5.75 Å². The zero-order valence-corrected chi connectivity index (χ0v) is 14.2. The van der Waals surface area contributed by atoms with Crippen molar-refractivity contribution < 1.29 is 4.79 Å². The Kier molecular flexibility index (Phi) is 5.45. The minimum Gasteiger partial charge on any atom is -0.334 e. The summed E-state index contributed by atoms with van der Waals surface area (Å²) in [6.07, 6.45) is 2.17. The molecule has 3 unspecified atom stereocenters. The number of alkyl halides is 2. The number of rotatable bonds is 2. The van der Waals surface area contributed by atoms with E-state index in [0.29, 0.717) is 17.7 Å². The second-order valence-electron chi connectivity index (χ2n) is 4.89. The first-order valence-electron chi connectivity index (χ1n) is 6.35. The lowest BCUT2D eigenvalue weighted by atomic mass is 9.95. The minimum absolute atomic E-state index is 0.0336. The average molecular weight is 355 g/mol. The molecular weight excluding hydrogens is 339 g/mol. The molecule has 1 amide bonds. The summed E-state index contributed by atoms with van der Waals surface area (Å²) in [7, 11) is 0. The van der Waals surface area contributed by atoms with E-state index in [4.69, 9.17) is 23.2 Å². The molecule has 3 atom stereocenters. The van der Waals surface area contributed by atoms with Crippen molar-refractivity contribution in [2.24, 2.45) is 0 Å². The summed E-state index contributed by atoms with van der Waals surface area (Å²) < 4.78 is 1.15. The number of carbonyl (C=O) groups excluding carboxylic acids is 1. The topological polar surface area (TPSA) is 51.1 Å². The molecule has 0 aliphatic heterocycles. The molecule has 1 aromatic rings. The summed E-state index contributed by atoms with van der Waals surface area (Å²) in [5.74, 6) is 0.452. The number of hydrogen-bond donors (Lipinski definition) is 2. The maximum Gasteiger partial charge on any atom is 0.338 e. The van der Waals surface area contributed by atoms with Gasteiger partial charge in [-0.2, -0.15) is 16.6 Å². The molecule has 20 heavy (non-hydrogen) atoms. The Morgan fingerprint density at radius 1 is 1.45 bits per heavy atom. The van der Waals surface area contributed by atoms with Crippen molar-refractivity contribution in [1.29, 1.82) is 0 Å². The SMILES string of the molecule is Cc1c(CS)sn(C(=O)NC2CCC(Cl)C(Cl)C2)c1=O. The molecule has 1 saturated carbocycles. The molecule has 112 valence electrons. The highest BCUT2D eigenvalue weighted by Crippen LogP contribution is 2.27. The van der Waals surface area contributed by atoms with E-state index in [1.54, 1.807) is 6.92 Å². The zero-order chi connectivity index (χ0) is 14.9. The van der Waals surface area contributed by atoms with Gasteiger partial charge in [0.1, 0.15) is 0 Å². The van der Waals surface area contributed by atoms with Gasteiger partial charge in [0.15, 0.2) is 0 Å². The maximum atomic E-state index is 12.2. The normalized spacial score (nSPS) is 26.5. The first kappa shape index (κ1) is 16.2. The minimum atomic E-state index is -0.391. The Morgan fingerprint density at radius 3 is 2.70 bits per heavy atom. The molecule has 0 saturated heterocycles. The molecular formula is C12H16Cl2N2O2S2. The smallest absolute Gasteiger partial charge is 0.334 e. The second-order valence-corrected chi connectivity index (χ2v) is 7.37. The number of halogens is 2. The fourth-order valence-corrected chi connectivity index (χ4v) is 4.05. The molecule has 8 heteroatoms. The molecule has 1 aliphatic carbocycles. The number of nitrogens with one attached hydrogen (secondary N) is 1. The van der Waals surface area contributed by atoms with Crippen LogP contribution in [-0.4, -0.2) is 26.8 Å². The van der Waals surface area contributed by atoms with Crippen molar-refractivity contribution in [3.8, 4) is 0 Å². The third-order valence-corrected chi connectivity index (χ3v) is 6.32. The fraction of sp³-hybridized carbons (Fsp3) is 0.667. The Balaban J connectivity index is 2.07. The van der Waals surface area contributed by atoms with E-state index in [2.05, 4.69) is 17.9 Å². The lowest BCUT2D eigenvalue weighted by molar-refractivity contribution is 0.236. The highest BCUT2D eigenvalue weighted by Gasteiger charge is 2.29. The van der Waals surface area contributed by atoms with Gasteiger partial charge in [-0.3, -0.25) is 4.79 Å². The molecule has 1 aliphatic rings. The monoisotopic (exact) mass is 354 g/mol. The largest absolute Gasteiger partial charge is 0.338 e. The van der Waals surface area contributed by atoms with E-state index in [9.17, 15) is 9.59 Å². The van der Waals surface area contributed by atoms with Gasteiger partial charge < -0.3 is 5.32 Å². The van der Waals surface area contributed by atoms with Crippen LogP contribution in [0.15, 0.2) is 4.79 Å². The van der Waals surface area contributed by atoms with Gasteiger partial charge in [-0.25, -0.2) is 4.79 Å². The van der Waals surface area contributed by atoms with Crippen molar-refractivity contribution in [1.82, 2.24) is 9.27 Å². The van der Waals surface area contributed by atoms with Crippen molar-refractivity contribution >= 4 is 53.4 Å². The van der Waals surface area contributed by atoms with Gasteiger partial charge >= 0.3 is 6.03 Å². The fourth-order valence-electron chi connectivity index (χ4n) is 2.22. The number of aromatic nitrogens is 1. The number of hydrogen-bond acceptors (Lipinski definition) is 4. The van der Waals surface area contributed by atoms with Gasteiger partial charge in [0, 0.05) is 22.2 Å². The van der Waals surface area contributed by atoms with E-state index < -0.39 is 6.03 Å². The quantitative estimate of drug-likeness (QED) is 0.633. The van der Waals surface area contributed by atoms with E-state index in [1.807, 2.05) is 0 Å². The summed E-state index contributed by atoms with van der Waals surface area (Å²) in [5, 5.41) is 2.66. The molecule has 0 bridgehead atoms. The summed E-state index contributed by atoms with van der Waals surface area (Å²) in [5.41, 5.74) is 0.310. The Morgan fingerprint density at radius 2 is 2.15 bits per heavy atom. The molecule has 0 aromatic carbocycles. The van der Waals surface area contributed by atoms with E-state index >= 15 is 0 Å². The van der Waals surface area contributed by atoms with Crippen LogP contribution in [0.1, 0.15) is 29.7 Å². The van der Waals surface area contributed by atoms with Gasteiger partial charge in [0.05, 0.1) is 10.8 Å². The summed E-state index contributed by atoms with van der Waals surface area (Å²) in [4.78, 5) is 25.0. The third kappa shape index (κ3) is 3.35. The Hall–Kier alpha value is -0.170. The number of amides is 1. The number of nitrogens with zero attached hydrogens (tertiary/aromatic N) is 1. The highest BCUT2D eigenvalue weighted by molar-refractivity contribution is 7.79. The molecule has 0 radical (unpaired) electrons. The van der Waals surface area contributed by atoms with Crippen LogP contribution in [0.2, 0.25) is 0 Å². The summed E-state index contributed by atoms with van der Waals surface area (Å²) in [6, 6.07) is -0.424.